The number of anilines is 1. The third-order valence-corrected chi connectivity index (χ3v) is 3.97. The van der Waals surface area contributed by atoms with Crippen molar-refractivity contribution in [2.45, 2.75) is 11.9 Å². The Bertz CT molecular complexity index is 514. The SMILES string of the molecule is CN(Cc1ccccc1Br)c1ncc(CBr)cn1. The van der Waals surface area contributed by atoms with E-state index in [9.17, 15) is 0 Å². The van der Waals surface area contributed by atoms with Gasteiger partial charge in [0.1, 0.15) is 0 Å². The van der Waals surface area contributed by atoms with Crippen molar-refractivity contribution in [3.8, 4) is 0 Å². The minimum absolute atomic E-state index is 0.732. The molecule has 18 heavy (non-hydrogen) atoms. The fourth-order valence-corrected chi connectivity index (χ4v) is 2.27. The number of rotatable bonds is 4. The fraction of sp³-hybridized carbons (Fsp3) is 0.231. The smallest absolute Gasteiger partial charge is 0.225 e. The fourth-order valence-electron chi connectivity index (χ4n) is 1.57. The van der Waals surface area contributed by atoms with Crippen LogP contribution in [-0.2, 0) is 11.9 Å². The second-order valence-electron chi connectivity index (χ2n) is 3.97. The summed E-state index contributed by atoms with van der Waals surface area (Å²) < 4.78 is 1.11. The molecule has 0 aliphatic carbocycles. The first-order chi connectivity index (χ1) is 8.70. The molecule has 0 radical (unpaired) electrons. The minimum Gasteiger partial charge on any atom is -0.340 e. The van der Waals surface area contributed by atoms with E-state index < -0.39 is 0 Å². The van der Waals surface area contributed by atoms with E-state index in [1.807, 2.05) is 42.5 Å². The molecule has 94 valence electrons. The molecule has 0 unspecified atom stereocenters. The third-order valence-electron chi connectivity index (χ3n) is 2.55. The van der Waals surface area contributed by atoms with Gasteiger partial charge in [-0.25, -0.2) is 9.97 Å². The van der Waals surface area contributed by atoms with E-state index in [2.05, 4.69) is 47.9 Å². The van der Waals surface area contributed by atoms with Crippen molar-refractivity contribution in [1.29, 1.82) is 0 Å². The lowest BCUT2D eigenvalue weighted by atomic mass is 10.2. The van der Waals surface area contributed by atoms with E-state index in [-0.39, 0.29) is 0 Å². The zero-order valence-electron chi connectivity index (χ0n) is 9.98. The van der Waals surface area contributed by atoms with Crippen molar-refractivity contribution >= 4 is 37.8 Å². The highest BCUT2D eigenvalue weighted by Crippen LogP contribution is 2.19. The van der Waals surface area contributed by atoms with E-state index in [1.165, 1.54) is 5.56 Å². The monoisotopic (exact) mass is 369 g/mol. The van der Waals surface area contributed by atoms with Crippen molar-refractivity contribution in [2.24, 2.45) is 0 Å². The Kier molecular flexibility index (Phi) is 4.72. The summed E-state index contributed by atoms with van der Waals surface area (Å²) in [7, 11) is 1.99. The van der Waals surface area contributed by atoms with Crippen molar-refractivity contribution < 1.29 is 0 Å². The number of nitrogens with zero attached hydrogens (tertiary/aromatic N) is 3. The number of aromatic nitrogens is 2. The predicted octanol–water partition coefficient (Wildman–Crippen LogP) is 3.77. The second-order valence-corrected chi connectivity index (χ2v) is 5.39. The van der Waals surface area contributed by atoms with Gasteiger partial charge in [-0.15, -0.1) is 0 Å². The van der Waals surface area contributed by atoms with Crippen LogP contribution in [0.3, 0.4) is 0 Å². The van der Waals surface area contributed by atoms with Gasteiger partial charge >= 0.3 is 0 Å². The van der Waals surface area contributed by atoms with E-state index in [0.29, 0.717) is 0 Å². The molecule has 0 aliphatic rings. The average Bonchev–Trinajstić information content (AvgIpc) is 2.41. The molecule has 0 saturated carbocycles. The van der Waals surface area contributed by atoms with Crippen LogP contribution in [0.2, 0.25) is 0 Å². The van der Waals surface area contributed by atoms with Gasteiger partial charge in [-0.1, -0.05) is 50.1 Å². The zero-order valence-corrected chi connectivity index (χ0v) is 13.1. The van der Waals surface area contributed by atoms with Crippen LogP contribution in [0.15, 0.2) is 41.1 Å². The maximum Gasteiger partial charge on any atom is 0.225 e. The Morgan fingerprint density at radius 3 is 2.44 bits per heavy atom. The van der Waals surface area contributed by atoms with Gasteiger partial charge in [0.05, 0.1) is 0 Å². The van der Waals surface area contributed by atoms with Crippen molar-refractivity contribution in [3.63, 3.8) is 0 Å². The molecule has 0 atom stereocenters. The summed E-state index contributed by atoms with van der Waals surface area (Å²) in [5.74, 6) is 0.732. The van der Waals surface area contributed by atoms with Gasteiger partial charge in [-0.3, -0.25) is 0 Å². The highest BCUT2D eigenvalue weighted by Gasteiger charge is 2.07. The molecule has 5 heteroatoms. The molecule has 0 aliphatic heterocycles. The average molecular weight is 371 g/mol. The number of hydrogen-bond acceptors (Lipinski definition) is 3. The van der Waals surface area contributed by atoms with Gasteiger partial charge in [0.2, 0.25) is 5.95 Å². The van der Waals surface area contributed by atoms with Crippen LogP contribution in [0.4, 0.5) is 5.95 Å². The normalized spacial score (nSPS) is 10.4. The van der Waals surface area contributed by atoms with Crippen LogP contribution in [0, 0.1) is 0 Å². The first-order valence-corrected chi connectivity index (χ1v) is 7.43. The third kappa shape index (κ3) is 3.29. The summed E-state index contributed by atoms with van der Waals surface area (Å²) in [4.78, 5) is 10.7. The Labute approximate surface area is 124 Å². The van der Waals surface area contributed by atoms with Crippen molar-refractivity contribution in [2.75, 3.05) is 11.9 Å². The van der Waals surface area contributed by atoms with Gasteiger partial charge in [0.15, 0.2) is 0 Å². The number of halogens is 2. The summed E-state index contributed by atoms with van der Waals surface area (Å²) in [6, 6.07) is 8.17. The van der Waals surface area contributed by atoms with Crippen LogP contribution in [0.25, 0.3) is 0 Å². The molecule has 1 aromatic heterocycles. The first-order valence-electron chi connectivity index (χ1n) is 5.52. The second kappa shape index (κ2) is 6.29. The van der Waals surface area contributed by atoms with Gasteiger partial charge in [-0.2, -0.15) is 0 Å². The lowest BCUT2D eigenvalue weighted by Gasteiger charge is -2.17. The van der Waals surface area contributed by atoms with E-state index in [0.717, 1.165) is 27.9 Å². The van der Waals surface area contributed by atoms with E-state index in [4.69, 9.17) is 0 Å². The molecule has 0 fully saturated rings. The molecule has 0 amide bonds. The topological polar surface area (TPSA) is 29.0 Å². The van der Waals surface area contributed by atoms with Crippen molar-refractivity contribution in [1.82, 2.24) is 9.97 Å². The molecule has 0 N–H and O–H groups in total. The summed E-state index contributed by atoms with van der Waals surface area (Å²) in [6.07, 6.45) is 3.68. The summed E-state index contributed by atoms with van der Waals surface area (Å²) in [6.45, 7) is 0.773. The Morgan fingerprint density at radius 1 is 1.17 bits per heavy atom. The molecule has 0 saturated heterocycles. The lowest BCUT2D eigenvalue weighted by molar-refractivity contribution is 0.860. The molecule has 0 bridgehead atoms. The van der Waals surface area contributed by atoms with Gasteiger partial charge < -0.3 is 4.90 Å². The molecule has 1 heterocycles. The highest BCUT2D eigenvalue weighted by atomic mass is 79.9. The Balaban J connectivity index is 2.11. The summed E-state index contributed by atoms with van der Waals surface area (Å²) >= 11 is 6.93. The molecule has 1 aromatic carbocycles. The molecule has 3 nitrogen and oxygen atoms in total. The standard InChI is InChI=1S/C13H13Br2N3/c1-18(9-11-4-2-3-5-12(11)15)13-16-7-10(6-14)8-17-13/h2-5,7-8H,6,9H2,1H3. The predicted molar refractivity (Wildman–Crippen MR) is 80.9 cm³/mol. The van der Waals surface area contributed by atoms with E-state index >= 15 is 0 Å². The summed E-state index contributed by atoms with van der Waals surface area (Å²) in [5, 5.41) is 0.779. The zero-order chi connectivity index (χ0) is 13.0. The largest absolute Gasteiger partial charge is 0.340 e. The summed E-state index contributed by atoms with van der Waals surface area (Å²) in [5.41, 5.74) is 2.29. The van der Waals surface area contributed by atoms with E-state index in [1.54, 1.807) is 0 Å². The van der Waals surface area contributed by atoms with Gasteiger partial charge in [0.25, 0.3) is 0 Å². The van der Waals surface area contributed by atoms with Crippen LogP contribution in [-0.4, -0.2) is 17.0 Å². The van der Waals surface area contributed by atoms with Gasteiger partial charge in [0, 0.05) is 35.8 Å². The van der Waals surface area contributed by atoms with Crippen molar-refractivity contribution in [3.05, 3.63) is 52.3 Å². The highest BCUT2D eigenvalue weighted by molar-refractivity contribution is 9.10. The molecule has 2 aromatic rings. The molecular weight excluding hydrogens is 358 g/mol. The lowest BCUT2D eigenvalue weighted by Crippen LogP contribution is -2.19. The first kappa shape index (κ1) is 13.5. The quantitative estimate of drug-likeness (QED) is 0.767. The maximum absolute atomic E-state index is 4.34. The Morgan fingerprint density at radius 2 is 1.83 bits per heavy atom. The van der Waals surface area contributed by atoms with Crippen LogP contribution >= 0.6 is 31.9 Å². The minimum atomic E-state index is 0.732. The van der Waals surface area contributed by atoms with Gasteiger partial charge in [-0.05, 0) is 17.2 Å². The maximum atomic E-state index is 4.34. The number of benzene rings is 1. The molecule has 2 rings (SSSR count). The number of alkyl halides is 1. The molecule has 0 spiro atoms. The number of hydrogen-bond donors (Lipinski definition) is 0. The van der Waals surface area contributed by atoms with Crippen LogP contribution < -0.4 is 4.90 Å². The molecular formula is C13H13Br2N3. The van der Waals surface area contributed by atoms with Crippen LogP contribution in [0.1, 0.15) is 11.1 Å². The van der Waals surface area contributed by atoms with Crippen LogP contribution in [0.5, 0.6) is 0 Å². The Hall–Kier alpha value is -0.940.